The maximum atomic E-state index is 13.3. The van der Waals surface area contributed by atoms with E-state index in [2.05, 4.69) is 16.1 Å². The van der Waals surface area contributed by atoms with Gasteiger partial charge in [-0.05, 0) is 50.2 Å². The van der Waals surface area contributed by atoms with Gasteiger partial charge < -0.3 is 14.4 Å². The third kappa shape index (κ3) is 4.17. The molecule has 146 valence electrons. The highest BCUT2D eigenvalue weighted by Crippen LogP contribution is 2.33. The van der Waals surface area contributed by atoms with Crippen LogP contribution in [0.1, 0.15) is 24.5 Å². The topological polar surface area (TPSA) is 58.7 Å². The summed E-state index contributed by atoms with van der Waals surface area (Å²) in [6.07, 6.45) is 6.04. The van der Waals surface area contributed by atoms with E-state index in [1.165, 1.54) is 12.1 Å². The highest BCUT2D eigenvalue weighted by molar-refractivity contribution is 5.80. The first-order chi connectivity index (χ1) is 13.7. The maximum Gasteiger partial charge on any atom is 0.161 e. The third-order valence-corrected chi connectivity index (χ3v) is 5.16. The summed E-state index contributed by atoms with van der Waals surface area (Å²) in [6.45, 7) is 3.23. The lowest BCUT2D eigenvalue weighted by atomic mass is 9.92. The number of phenolic OH excluding ortho intramolecular Hbond substituents is 1. The number of fused-ring (bicyclic) bond motifs is 1. The number of para-hydroxylation sites is 2. The van der Waals surface area contributed by atoms with Gasteiger partial charge in [-0.1, -0.05) is 29.4 Å². The number of benzene rings is 2. The highest BCUT2D eigenvalue weighted by Gasteiger charge is 2.25. The van der Waals surface area contributed by atoms with Crippen LogP contribution in [0.3, 0.4) is 0 Å². The number of likely N-dealkylation sites (tertiary alicyclic amines) is 1. The van der Waals surface area contributed by atoms with Gasteiger partial charge in [0.05, 0.1) is 0 Å². The van der Waals surface area contributed by atoms with E-state index in [-0.39, 0.29) is 11.6 Å². The third-order valence-electron chi connectivity index (χ3n) is 5.16. The molecule has 1 aromatic heterocycles. The van der Waals surface area contributed by atoms with E-state index in [0.29, 0.717) is 23.8 Å². The predicted octanol–water partition coefficient (Wildman–Crippen LogP) is 4.49. The fourth-order valence-corrected chi connectivity index (χ4v) is 3.62. The van der Waals surface area contributed by atoms with Crippen LogP contribution in [0.5, 0.6) is 11.5 Å². The summed E-state index contributed by atoms with van der Waals surface area (Å²) in [7, 11) is 0. The Kier molecular flexibility index (Phi) is 5.58. The predicted molar refractivity (Wildman–Crippen MR) is 105 cm³/mol. The SMILES string of the molecule is Oc1ccccc1OC/C=C/CN1CCC(c2onc3cc(F)ccc23)CC1. The van der Waals surface area contributed by atoms with E-state index in [1.807, 2.05) is 12.1 Å². The lowest BCUT2D eigenvalue weighted by Gasteiger charge is -2.30. The van der Waals surface area contributed by atoms with Crippen LogP contribution >= 0.6 is 0 Å². The molecule has 1 aliphatic rings. The van der Waals surface area contributed by atoms with Crippen molar-refractivity contribution in [1.29, 1.82) is 0 Å². The summed E-state index contributed by atoms with van der Waals surface area (Å²) in [5.74, 6) is 1.55. The fraction of sp³-hybridized carbons (Fsp3) is 0.318. The van der Waals surface area contributed by atoms with Gasteiger partial charge >= 0.3 is 0 Å². The Morgan fingerprint density at radius 3 is 2.82 bits per heavy atom. The highest BCUT2D eigenvalue weighted by atomic mass is 19.1. The number of phenols is 1. The molecule has 0 bridgehead atoms. The van der Waals surface area contributed by atoms with Crippen molar-refractivity contribution in [2.24, 2.45) is 0 Å². The van der Waals surface area contributed by atoms with Gasteiger partial charge in [0.15, 0.2) is 11.5 Å². The number of halogens is 1. The summed E-state index contributed by atoms with van der Waals surface area (Å²) in [5.41, 5.74) is 0.588. The van der Waals surface area contributed by atoms with Gasteiger partial charge in [-0.15, -0.1) is 0 Å². The summed E-state index contributed by atoms with van der Waals surface area (Å²) in [4.78, 5) is 2.38. The van der Waals surface area contributed by atoms with Crippen molar-refractivity contribution in [3.8, 4) is 11.5 Å². The zero-order valence-electron chi connectivity index (χ0n) is 15.6. The van der Waals surface area contributed by atoms with Gasteiger partial charge in [0.25, 0.3) is 0 Å². The molecule has 0 saturated carbocycles. The second-order valence-electron chi connectivity index (χ2n) is 7.03. The lowest BCUT2D eigenvalue weighted by Crippen LogP contribution is -2.33. The molecule has 5 nitrogen and oxygen atoms in total. The second kappa shape index (κ2) is 8.44. The zero-order valence-corrected chi connectivity index (χ0v) is 15.6. The molecule has 3 aromatic rings. The minimum absolute atomic E-state index is 0.153. The Balaban J connectivity index is 1.24. The number of ether oxygens (including phenoxy) is 1. The monoisotopic (exact) mass is 382 g/mol. The van der Waals surface area contributed by atoms with E-state index in [9.17, 15) is 9.50 Å². The number of hydrogen-bond donors (Lipinski definition) is 1. The molecular weight excluding hydrogens is 359 g/mol. The number of aromatic nitrogens is 1. The van der Waals surface area contributed by atoms with Crippen molar-refractivity contribution >= 4 is 10.9 Å². The Labute approximate surface area is 163 Å². The molecular formula is C22H23FN2O3. The van der Waals surface area contributed by atoms with Crippen molar-refractivity contribution in [2.75, 3.05) is 26.2 Å². The number of rotatable bonds is 6. The molecule has 28 heavy (non-hydrogen) atoms. The van der Waals surface area contributed by atoms with E-state index < -0.39 is 0 Å². The molecule has 0 radical (unpaired) electrons. The Hall–Kier alpha value is -2.86. The molecule has 2 heterocycles. The standard InChI is InChI=1S/C22H23FN2O3/c23-17-7-8-18-19(15-17)24-28-22(18)16-9-12-25(13-10-16)11-3-4-14-27-21-6-2-1-5-20(21)26/h1-8,15-16,26H,9-14H2/b4-3+. The Morgan fingerprint density at radius 1 is 1.18 bits per heavy atom. The van der Waals surface area contributed by atoms with Crippen LogP contribution < -0.4 is 4.74 Å². The van der Waals surface area contributed by atoms with Crippen LogP contribution in [-0.2, 0) is 0 Å². The molecule has 0 spiro atoms. The van der Waals surface area contributed by atoms with Crippen LogP contribution in [0.4, 0.5) is 4.39 Å². The summed E-state index contributed by atoms with van der Waals surface area (Å²) < 4.78 is 24.4. The number of hydrogen-bond acceptors (Lipinski definition) is 5. The molecule has 1 saturated heterocycles. The first kappa shape index (κ1) is 18.5. The molecule has 4 rings (SSSR count). The smallest absolute Gasteiger partial charge is 0.161 e. The van der Waals surface area contributed by atoms with Crippen molar-refractivity contribution in [1.82, 2.24) is 10.1 Å². The van der Waals surface area contributed by atoms with E-state index >= 15 is 0 Å². The Bertz CT molecular complexity index is 961. The van der Waals surface area contributed by atoms with E-state index in [0.717, 1.165) is 43.6 Å². The minimum Gasteiger partial charge on any atom is -0.504 e. The van der Waals surface area contributed by atoms with Crippen molar-refractivity contribution in [2.45, 2.75) is 18.8 Å². The number of nitrogens with zero attached hydrogens (tertiary/aromatic N) is 2. The molecule has 0 atom stereocenters. The summed E-state index contributed by atoms with van der Waals surface area (Å²) in [6, 6.07) is 11.6. The molecule has 0 aliphatic carbocycles. The number of aromatic hydroxyl groups is 1. The van der Waals surface area contributed by atoms with E-state index in [4.69, 9.17) is 9.26 Å². The van der Waals surface area contributed by atoms with Crippen molar-refractivity contribution in [3.63, 3.8) is 0 Å². The summed E-state index contributed by atoms with van der Waals surface area (Å²) >= 11 is 0. The van der Waals surface area contributed by atoms with Crippen LogP contribution in [0.2, 0.25) is 0 Å². The van der Waals surface area contributed by atoms with Gasteiger partial charge in [-0.2, -0.15) is 0 Å². The number of piperidine rings is 1. The average Bonchev–Trinajstić information content (AvgIpc) is 3.12. The summed E-state index contributed by atoms with van der Waals surface area (Å²) in [5, 5.41) is 14.6. The first-order valence-electron chi connectivity index (χ1n) is 9.53. The van der Waals surface area contributed by atoms with Crippen LogP contribution in [0.15, 0.2) is 59.1 Å². The molecule has 2 aromatic carbocycles. The van der Waals surface area contributed by atoms with Gasteiger partial charge in [0, 0.05) is 23.9 Å². The van der Waals surface area contributed by atoms with Crippen LogP contribution in [0.25, 0.3) is 10.9 Å². The van der Waals surface area contributed by atoms with Gasteiger partial charge in [0.2, 0.25) is 0 Å². The maximum absolute atomic E-state index is 13.3. The molecule has 1 aliphatic heterocycles. The quantitative estimate of drug-likeness (QED) is 0.637. The zero-order chi connectivity index (χ0) is 19.3. The molecule has 1 N–H and O–H groups in total. The molecule has 6 heteroatoms. The van der Waals surface area contributed by atoms with Crippen LogP contribution in [-0.4, -0.2) is 41.4 Å². The first-order valence-corrected chi connectivity index (χ1v) is 9.53. The second-order valence-corrected chi connectivity index (χ2v) is 7.03. The van der Waals surface area contributed by atoms with Gasteiger partial charge in [-0.25, -0.2) is 4.39 Å². The largest absolute Gasteiger partial charge is 0.504 e. The van der Waals surface area contributed by atoms with Gasteiger partial charge in [-0.3, -0.25) is 4.90 Å². The normalized spacial score (nSPS) is 16.2. The van der Waals surface area contributed by atoms with E-state index in [1.54, 1.807) is 24.3 Å². The Morgan fingerprint density at radius 2 is 2.00 bits per heavy atom. The molecule has 1 fully saturated rings. The molecule has 0 unspecified atom stereocenters. The van der Waals surface area contributed by atoms with Crippen LogP contribution in [0, 0.1) is 5.82 Å². The minimum atomic E-state index is -0.291. The van der Waals surface area contributed by atoms with Crippen molar-refractivity contribution < 1.29 is 18.8 Å². The van der Waals surface area contributed by atoms with Gasteiger partial charge in [0.1, 0.15) is 23.7 Å². The molecule has 0 amide bonds. The fourth-order valence-electron chi connectivity index (χ4n) is 3.62. The lowest BCUT2D eigenvalue weighted by molar-refractivity contribution is 0.214. The average molecular weight is 382 g/mol. The van der Waals surface area contributed by atoms with Crippen molar-refractivity contribution in [3.05, 3.63) is 66.2 Å².